The molecule has 0 saturated heterocycles. The highest BCUT2D eigenvalue weighted by Gasteiger charge is 1.81. The van der Waals surface area contributed by atoms with Gasteiger partial charge in [0.1, 0.15) is 0 Å². The number of halogens is 1. The summed E-state index contributed by atoms with van der Waals surface area (Å²) in [6, 6.07) is 1.72. The number of rotatable bonds is 1. The van der Waals surface area contributed by atoms with Gasteiger partial charge < -0.3 is 4.98 Å². The number of carbonyl (C=O) groups excluding carboxylic acids is 1. The molecule has 0 aliphatic heterocycles. The smallest absolute Gasteiger partial charge is 0.151 e. The third-order valence-electron chi connectivity index (χ3n) is 0.758. The fourth-order valence-corrected chi connectivity index (χ4v) is 0.410. The zero-order chi connectivity index (χ0) is 5.11. The van der Waals surface area contributed by atoms with Gasteiger partial charge in [-0.25, -0.2) is 0 Å². The van der Waals surface area contributed by atoms with Gasteiger partial charge in [-0.15, -0.1) is 17.0 Å². The topological polar surface area (TPSA) is 32.9 Å². The Morgan fingerprint density at radius 1 is 1.62 bits per heavy atom. The van der Waals surface area contributed by atoms with Crippen LogP contribution in [-0.4, -0.2) is 11.3 Å². The van der Waals surface area contributed by atoms with Crippen LogP contribution >= 0.6 is 17.0 Å². The molecule has 1 aromatic rings. The van der Waals surface area contributed by atoms with E-state index in [1.807, 2.05) is 0 Å². The Labute approximate surface area is 57.7 Å². The highest BCUT2D eigenvalue weighted by Crippen LogP contribution is 1.87. The largest absolute Gasteiger partial charge is 0.367 e. The first kappa shape index (κ1) is 7.43. The van der Waals surface area contributed by atoms with Gasteiger partial charge >= 0.3 is 0 Å². The van der Waals surface area contributed by atoms with E-state index in [1.165, 1.54) is 0 Å². The van der Waals surface area contributed by atoms with Crippen molar-refractivity contribution < 1.29 is 4.79 Å². The number of H-pyrrole nitrogens is 1. The van der Waals surface area contributed by atoms with Crippen LogP contribution in [0.25, 0.3) is 0 Å². The Kier molecular flexibility index (Phi) is 3.19. The van der Waals surface area contributed by atoms with Crippen molar-refractivity contribution in [2.75, 3.05) is 0 Å². The van der Waals surface area contributed by atoms with Crippen LogP contribution in [0.1, 0.15) is 10.4 Å². The second-order valence-corrected chi connectivity index (χ2v) is 1.26. The molecule has 0 amide bonds. The number of aromatic nitrogens is 1. The molecule has 0 unspecified atom stereocenters. The molecule has 0 saturated carbocycles. The summed E-state index contributed by atoms with van der Waals surface area (Å²) in [5.41, 5.74) is 0.694. The van der Waals surface area contributed by atoms with E-state index in [2.05, 4.69) is 4.98 Å². The molecule has 3 heteroatoms. The van der Waals surface area contributed by atoms with Crippen LogP contribution in [0.3, 0.4) is 0 Å². The van der Waals surface area contributed by atoms with E-state index < -0.39 is 0 Å². The number of carbonyl (C=O) groups is 1. The van der Waals surface area contributed by atoms with Crippen LogP contribution in [0.15, 0.2) is 18.5 Å². The van der Waals surface area contributed by atoms with E-state index >= 15 is 0 Å². The molecule has 1 N–H and O–H groups in total. The number of nitrogens with one attached hydrogen (secondary N) is 1. The third-order valence-corrected chi connectivity index (χ3v) is 0.758. The zero-order valence-corrected chi connectivity index (χ0v) is 5.84. The molecule has 0 bridgehead atoms. The predicted octanol–water partition coefficient (Wildman–Crippen LogP) is 1.41. The maximum atomic E-state index is 9.85. The van der Waals surface area contributed by atoms with Gasteiger partial charge in [-0.05, 0) is 6.07 Å². The molecule has 0 spiro atoms. The van der Waals surface area contributed by atoms with Gasteiger partial charge in [0, 0.05) is 18.0 Å². The lowest BCUT2D eigenvalue weighted by atomic mass is 10.4. The molecular weight excluding hydrogens is 170 g/mol. The van der Waals surface area contributed by atoms with Gasteiger partial charge in [-0.3, -0.25) is 4.79 Å². The Bertz CT molecular complexity index is 147. The number of aromatic amines is 1. The van der Waals surface area contributed by atoms with Crippen molar-refractivity contribution in [2.24, 2.45) is 0 Å². The molecule has 0 aliphatic carbocycles. The second kappa shape index (κ2) is 3.43. The third kappa shape index (κ3) is 1.50. The SMILES string of the molecule is Br.O=Cc1cc[nH]c1. The lowest BCUT2D eigenvalue weighted by Gasteiger charge is -1.66. The van der Waals surface area contributed by atoms with Gasteiger partial charge in [-0.1, -0.05) is 0 Å². The molecule has 0 aliphatic rings. The van der Waals surface area contributed by atoms with Crippen LogP contribution in [0, 0.1) is 0 Å². The lowest BCUT2D eigenvalue weighted by molar-refractivity contribution is 0.112. The molecular formula is C5H6BrNO. The highest BCUT2D eigenvalue weighted by molar-refractivity contribution is 8.93. The van der Waals surface area contributed by atoms with Crippen LogP contribution < -0.4 is 0 Å². The minimum atomic E-state index is 0. The van der Waals surface area contributed by atoms with E-state index in [4.69, 9.17) is 0 Å². The number of hydrogen-bond acceptors (Lipinski definition) is 1. The van der Waals surface area contributed by atoms with Gasteiger partial charge in [0.15, 0.2) is 6.29 Å². The van der Waals surface area contributed by atoms with Crippen LogP contribution in [0.4, 0.5) is 0 Å². The number of hydrogen-bond donors (Lipinski definition) is 1. The van der Waals surface area contributed by atoms with Crippen molar-refractivity contribution >= 4 is 23.3 Å². The van der Waals surface area contributed by atoms with Crippen molar-refractivity contribution in [3.05, 3.63) is 24.0 Å². The molecule has 1 aromatic heterocycles. The van der Waals surface area contributed by atoms with E-state index in [9.17, 15) is 4.79 Å². The van der Waals surface area contributed by atoms with Crippen molar-refractivity contribution in [2.45, 2.75) is 0 Å². The molecule has 2 nitrogen and oxygen atoms in total. The van der Waals surface area contributed by atoms with E-state index in [1.54, 1.807) is 18.5 Å². The summed E-state index contributed by atoms with van der Waals surface area (Å²) >= 11 is 0. The molecule has 1 heterocycles. The Balaban J connectivity index is 0.000000490. The molecule has 8 heavy (non-hydrogen) atoms. The Hall–Kier alpha value is -0.570. The Morgan fingerprint density at radius 3 is 2.62 bits per heavy atom. The first-order chi connectivity index (χ1) is 3.43. The molecule has 0 fully saturated rings. The van der Waals surface area contributed by atoms with Crippen LogP contribution in [0.2, 0.25) is 0 Å². The van der Waals surface area contributed by atoms with Gasteiger partial charge in [0.05, 0.1) is 0 Å². The second-order valence-electron chi connectivity index (χ2n) is 1.26. The maximum Gasteiger partial charge on any atom is 0.151 e. The van der Waals surface area contributed by atoms with E-state index in [0.717, 1.165) is 6.29 Å². The summed E-state index contributed by atoms with van der Waals surface area (Å²) in [5.74, 6) is 0. The highest BCUT2D eigenvalue weighted by atomic mass is 79.9. The summed E-state index contributed by atoms with van der Waals surface area (Å²) in [6.07, 6.45) is 4.16. The summed E-state index contributed by atoms with van der Waals surface area (Å²) < 4.78 is 0. The monoisotopic (exact) mass is 175 g/mol. The van der Waals surface area contributed by atoms with Gasteiger partial charge in [-0.2, -0.15) is 0 Å². The average Bonchev–Trinajstić information content (AvgIpc) is 2.14. The average molecular weight is 176 g/mol. The van der Waals surface area contributed by atoms with Crippen LogP contribution in [0.5, 0.6) is 0 Å². The first-order valence-electron chi connectivity index (χ1n) is 2.01. The Morgan fingerprint density at radius 2 is 2.38 bits per heavy atom. The van der Waals surface area contributed by atoms with Crippen LogP contribution in [-0.2, 0) is 0 Å². The minimum Gasteiger partial charge on any atom is -0.367 e. The standard InChI is InChI=1S/C5H5NO.BrH/c7-4-5-1-2-6-3-5;/h1-4,6H;1H. The van der Waals surface area contributed by atoms with Gasteiger partial charge in [0.25, 0.3) is 0 Å². The summed E-state index contributed by atoms with van der Waals surface area (Å²) in [4.78, 5) is 12.6. The summed E-state index contributed by atoms with van der Waals surface area (Å²) in [7, 11) is 0. The van der Waals surface area contributed by atoms with E-state index in [0.29, 0.717) is 5.56 Å². The fraction of sp³-hybridized carbons (Fsp3) is 0. The van der Waals surface area contributed by atoms with Crippen molar-refractivity contribution in [3.8, 4) is 0 Å². The molecule has 0 radical (unpaired) electrons. The fourth-order valence-electron chi connectivity index (χ4n) is 0.410. The minimum absolute atomic E-state index is 0. The maximum absolute atomic E-state index is 9.85. The zero-order valence-electron chi connectivity index (χ0n) is 4.13. The predicted molar refractivity (Wildman–Crippen MR) is 36.5 cm³/mol. The van der Waals surface area contributed by atoms with Crippen molar-refractivity contribution in [3.63, 3.8) is 0 Å². The van der Waals surface area contributed by atoms with Gasteiger partial charge in [0.2, 0.25) is 0 Å². The van der Waals surface area contributed by atoms with Crippen molar-refractivity contribution in [1.82, 2.24) is 4.98 Å². The summed E-state index contributed by atoms with van der Waals surface area (Å²) in [6.45, 7) is 0. The normalized spacial score (nSPS) is 7.50. The molecule has 0 aromatic carbocycles. The molecule has 1 rings (SSSR count). The first-order valence-corrected chi connectivity index (χ1v) is 2.01. The molecule has 44 valence electrons. The van der Waals surface area contributed by atoms with E-state index in [-0.39, 0.29) is 17.0 Å². The lowest BCUT2D eigenvalue weighted by Crippen LogP contribution is -1.66. The summed E-state index contributed by atoms with van der Waals surface area (Å²) in [5, 5.41) is 0. The number of aldehydes is 1. The molecule has 0 atom stereocenters. The quantitative estimate of drug-likeness (QED) is 0.644. The van der Waals surface area contributed by atoms with Crippen molar-refractivity contribution in [1.29, 1.82) is 0 Å².